The van der Waals surface area contributed by atoms with Gasteiger partial charge in [-0.1, -0.05) is 0 Å². The van der Waals surface area contributed by atoms with Crippen LogP contribution in [0.25, 0.3) is 11.2 Å². The molecular formula is C12H16N4O5. The van der Waals surface area contributed by atoms with Crippen LogP contribution >= 0.6 is 0 Å². The second kappa shape index (κ2) is 5.19. The van der Waals surface area contributed by atoms with Gasteiger partial charge in [0.1, 0.15) is 18.3 Å². The van der Waals surface area contributed by atoms with Gasteiger partial charge in [-0.2, -0.15) is 0 Å². The molecular weight excluding hydrogens is 280 g/mol. The number of aryl methyl sites for hydroxylation is 1. The number of aliphatic hydroxyl groups excluding tert-OH is 2. The van der Waals surface area contributed by atoms with Crippen LogP contribution in [0, 0.1) is 0 Å². The predicted octanol–water partition coefficient (Wildman–Crippen LogP) is -1.60. The summed E-state index contributed by atoms with van der Waals surface area (Å²) in [6, 6.07) is 0. The van der Waals surface area contributed by atoms with Crippen molar-refractivity contribution in [2.24, 2.45) is 7.05 Å². The Kier molecular flexibility index (Phi) is 3.49. The molecule has 0 saturated carbocycles. The van der Waals surface area contributed by atoms with E-state index in [-0.39, 0.29) is 17.7 Å². The summed E-state index contributed by atoms with van der Waals surface area (Å²) in [6.07, 6.45) is -0.336. The number of rotatable bonds is 3. The molecule has 2 aromatic rings. The van der Waals surface area contributed by atoms with Crippen LogP contribution in [0.4, 0.5) is 0 Å². The standard InChI is InChI=1S/C12H16N4O5/c1-15-4-14-10-7(11(15)19)13-5-16(10)12-9(20-2)8(18)6(3-17)21-12/h4-6,8-9,12,17-18H,3H2,1-2H3. The first-order valence-electron chi connectivity index (χ1n) is 6.43. The molecule has 0 bridgehead atoms. The Hall–Kier alpha value is -1.81. The summed E-state index contributed by atoms with van der Waals surface area (Å²) in [7, 11) is 3.03. The van der Waals surface area contributed by atoms with E-state index in [2.05, 4.69) is 9.97 Å². The van der Waals surface area contributed by atoms with Crippen LogP contribution in [-0.4, -0.2) is 61.3 Å². The normalized spacial score (nSPS) is 29.3. The summed E-state index contributed by atoms with van der Waals surface area (Å²) in [5, 5.41) is 19.3. The number of hydrogen-bond donors (Lipinski definition) is 2. The Morgan fingerprint density at radius 2 is 2.19 bits per heavy atom. The zero-order chi connectivity index (χ0) is 15.1. The van der Waals surface area contributed by atoms with Crippen LogP contribution in [0.2, 0.25) is 0 Å². The highest BCUT2D eigenvalue weighted by molar-refractivity contribution is 5.69. The molecule has 0 spiro atoms. The molecule has 9 nitrogen and oxygen atoms in total. The van der Waals surface area contributed by atoms with Crippen molar-refractivity contribution in [2.75, 3.05) is 13.7 Å². The van der Waals surface area contributed by atoms with E-state index in [0.717, 1.165) is 0 Å². The molecule has 2 N–H and O–H groups in total. The lowest BCUT2D eigenvalue weighted by molar-refractivity contribution is -0.0583. The van der Waals surface area contributed by atoms with Crippen molar-refractivity contribution in [2.45, 2.75) is 24.5 Å². The van der Waals surface area contributed by atoms with Gasteiger partial charge >= 0.3 is 0 Å². The van der Waals surface area contributed by atoms with Crippen molar-refractivity contribution >= 4 is 11.2 Å². The van der Waals surface area contributed by atoms with Crippen LogP contribution in [-0.2, 0) is 16.5 Å². The van der Waals surface area contributed by atoms with E-state index in [0.29, 0.717) is 5.65 Å². The van der Waals surface area contributed by atoms with Gasteiger partial charge in [0.15, 0.2) is 17.4 Å². The summed E-state index contributed by atoms with van der Waals surface area (Å²) in [6.45, 7) is -0.334. The van der Waals surface area contributed by atoms with E-state index >= 15 is 0 Å². The maximum Gasteiger partial charge on any atom is 0.281 e. The molecule has 1 fully saturated rings. The molecule has 2 aromatic heterocycles. The maximum atomic E-state index is 12.0. The van der Waals surface area contributed by atoms with Crippen LogP contribution in [0.5, 0.6) is 0 Å². The molecule has 1 saturated heterocycles. The fourth-order valence-electron chi connectivity index (χ4n) is 2.53. The Balaban J connectivity index is 2.08. The van der Waals surface area contributed by atoms with Crippen molar-refractivity contribution in [3.63, 3.8) is 0 Å². The van der Waals surface area contributed by atoms with Crippen molar-refractivity contribution in [3.05, 3.63) is 23.0 Å². The van der Waals surface area contributed by atoms with E-state index in [1.54, 1.807) is 7.05 Å². The van der Waals surface area contributed by atoms with Crippen molar-refractivity contribution in [3.8, 4) is 0 Å². The van der Waals surface area contributed by atoms with Gasteiger partial charge in [0, 0.05) is 14.2 Å². The van der Waals surface area contributed by atoms with Gasteiger partial charge in [-0.15, -0.1) is 0 Å². The van der Waals surface area contributed by atoms with Gasteiger partial charge < -0.3 is 24.3 Å². The van der Waals surface area contributed by atoms with Gasteiger partial charge in [-0.05, 0) is 0 Å². The number of hydrogen-bond acceptors (Lipinski definition) is 7. The van der Waals surface area contributed by atoms with E-state index in [9.17, 15) is 15.0 Å². The topological polar surface area (TPSA) is 112 Å². The van der Waals surface area contributed by atoms with Gasteiger partial charge in [0.05, 0.1) is 19.3 Å². The van der Waals surface area contributed by atoms with Gasteiger partial charge in [0.2, 0.25) is 0 Å². The first-order chi connectivity index (χ1) is 10.1. The molecule has 3 heterocycles. The van der Waals surface area contributed by atoms with Crippen molar-refractivity contribution in [1.29, 1.82) is 0 Å². The monoisotopic (exact) mass is 296 g/mol. The Bertz CT molecular complexity index is 711. The summed E-state index contributed by atoms with van der Waals surface area (Å²) in [4.78, 5) is 20.2. The SMILES string of the molecule is COC1C(O)C(CO)OC1n1cnc2c(=O)n(C)cnc21. The first kappa shape index (κ1) is 14.1. The van der Waals surface area contributed by atoms with E-state index < -0.39 is 24.5 Å². The molecule has 9 heteroatoms. The van der Waals surface area contributed by atoms with Gasteiger partial charge in [-0.3, -0.25) is 9.36 Å². The molecule has 1 aliphatic heterocycles. The third-order valence-electron chi connectivity index (χ3n) is 3.68. The zero-order valence-electron chi connectivity index (χ0n) is 11.6. The smallest absolute Gasteiger partial charge is 0.281 e. The molecule has 3 rings (SSSR count). The quantitative estimate of drug-likeness (QED) is 0.701. The lowest BCUT2D eigenvalue weighted by Crippen LogP contribution is -2.34. The molecule has 0 aromatic carbocycles. The minimum absolute atomic E-state index is 0.209. The maximum absolute atomic E-state index is 12.0. The number of aromatic nitrogens is 4. The summed E-state index contributed by atoms with van der Waals surface area (Å²) in [5.74, 6) is 0. The number of methoxy groups -OCH3 is 1. The Morgan fingerprint density at radius 3 is 2.86 bits per heavy atom. The molecule has 4 unspecified atom stereocenters. The number of fused-ring (bicyclic) bond motifs is 1. The van der Waals surface area contributed by atoms with E-state index in [1.165, 1.54) is 28.9 Å². The Labute approximate surface area is 119 Å². The average molecular weight is 296 g/mol. The highest BCUT2D eigenvalue weighted by atomic mass is 16.6. The van der Waals surface area contributed by atoms with Crippen molar-refractivity contribution < 1.29 is 19.7 Å². The predicted molar refractivity (Wildman–Crippen MR) is 70.6 cm³/mol. The fraction of sp³-hybridized carbons (Fsp3) is 0.583. The van der Waals surface area contributed by atoms with Crippen LogP contribution < -0.4 is 5.56 Å². The average Bonchev–Trinajstić information content (AvgIpc) is 3.03. The van der Waals surface area contributed by atoms with Gasteiger partial charge in [0.25, 0.3) is 5.56 Å². The largest absolute Gasteiger partial charge is 0.394 e. The Morgan fingerprint density at radius 1 is 1.43 bits per heavy atom. The van der Waals surface area contributed by atoms with Gasteiger partial charge in [-0.25, -0.2) is 9.97 Å². The van der Waals surface area contributed by atoms with Crippen LogP contribution in [0.1, 0.15) is 6.23 Å². The minimum atomic E-state index is -0.978. The third-order valence-corrected chi connectivity index (χ3v) is 3.68. The second-order valence-corrected chi connectivity index (χ2v) is 4.92. The minimum Gasteiger partial charge on any atom is -0.394 e. The number of aliphatic hydroxyl groups is 2. The fourth-order valence-corrected chi connectivity index (χ4v) is 2.53. The molecule has 0 radical (unpaired) electrons. The molecule has 0 amide bonds. The molecule has 0 aliphatic carbocycles. The molecule has 4 atom stereocenters. The zero-order valence-corrected chi connectivity index (χ0v) is 11.6. The van der Waals surface area contributed by atoms with E-state index in [4.69, 9.17) is 9.47 Å². The van der Waals surface area contributed by atoms with Crippen molar-refractivity contribution in [1.82, 2.24) is 19.1 Å². The molecule has 1 aliphatic rings. The van der Waals surface area contributed by atoms with Crippen LogP contribution in [0.3, 0.4) is 0 Å². The summed E-state index contributed by atoms with van der Waals surface area (Å²) >= 11 is 0. The summed E-state index contributed by atoms with van der Waals surface area (Å²) in [5.41, 5.74) is 0.279. The second-order valence-electron chi connectivity index (χ2n) is 4.92. The molecule has 114 valence electrons. The highest BCUT2D eigenvalue weighted by Crippen LogP contribution is 2.32. The summed E-state index contributed by atoms with van der Waals surface area (Å²) < 4.78 is 13.7. The number of nitrogens with zero attached hydrogens (tertiary/aromatic N) is 4. The lowest BCUT2D eigenvalue weighted by atomic mass is 10.1. The highest BCUT2D eigenvalue weighted by Gasteiger charge is 2.45. The third kappa shape index (κ3) is 2.05. The molecule has 21 heavy (non-hydrogen) atoms. The lowest BCUT2D eigenvalue weighted by Gasteiger charge is -2.19. The van der Waals surface area contributed by atoms with E-state index in [1.807, 2.05) is 0 Å². The number of imidazole rings is 1. The number of ether oxygens (including phenoxy) is 2. The van der Waals surface area contributed by atoms with Crippen LogP contribution in [0.15, 0.2) is 17.4 Å². The first-order valence-corrected chi connectivity index (χ1v) is 6.43.